The lowest BCUT2D eigenvalue weighted by molar-refractivity contribution is -0.122. The maximum Gasteiger partial charge on any atom is 0.222 e. The van der Waals surface area contributed by atoms with Crippen molar-refractivity contribution < 1.29 is 4.79 Å². The average molecular weight is 174 g/mol. The molecule has 4 N–H and O–H groups in total. The summed E-state index contributed by atoms with van der Waals surface area (Å²) in [6.45, 7) is 0.403. The second-order valence-corrected chi connectivity index (χ2v) is 4.02. The molecule has 1 saturated heterocycles. The van der Waals surface area contributed by atoms with Gasteiger partial charge in [-0.15, -0.1) is 0 Å². The third kappa shape index (κ3) is 2.10. The van der Waals surface area contributed by atoms with E-state index in [2.05, 4.69) is 0 Å². The lowest BCUT2D eigenvalue weighted by Gasteiger charge is -2.16. The summed E-state index contributed by atoms with van der Waals surface area (Å²) in [6, 6.07) is 0. The van der Waals surface area contributed by atoms with Crippen LogP contribution in [0.1, 0.15) is 6.42 Å². The highest BCUT2D eigenvalue weighted by Crippen LogP contribution is 2.28. The molecular formula is C7H14N2OS. The summed E-state index contributed by atoms with van der Waals surface area (Å²) in [5.74, 6) is 2.30. The molecule has 0 aromatic heterocycles. The molecule has 1 aliphatic heterocycles. The average Bonchev–Trinajstić information content (AvgIpc) is 2.40. The Morgan fingerprint density at radius 3 is 2.82 bits per heavy atom. The van der Waals surface area contributed by atoms with Gasteiger partial charge in [-0.2, -0.15) is 11.8 Å². The van der Waals surface area contributed by atoms with Gasteiger partial charge in [-0.3, -0.25) is 4.79 Å². The van der Waals surface area contributed by atoms with Gasteiger partial charge in [0.05, 0.1) is 5.92 Å². The minimum Gasteiger partial charge on any atom is -0.369 e. The van der Waals surface area contributed by atoms with Gasteiger partial charge in [-0.1, -0.05) is 0 Å². The molecule has 2 unspecified atom stereocenters. The quantitative estimate of drug-likeness (QED) is 0.622. The molecule has 0 radical (unpaired) electrons. The van der Waals surface area contributed by atoms with Crippen molar-refractivity contribution in [1.29, 1.82) is 0 Å². The van der Waals surface area contributed by atoms with Crippen molar-refractivity contribution in [3.63, 3.8) is 0 Å². The maximum absolute atomic E-state index is 10.9. The number of amides is 1. The molecular weight excluding hydrogens is 160 g/mol. The first-order valence-electron chi connectivity index (χ1n) is 3.83. The first kappa shape index (κ1) is 8.87. The Hall–Kier alpha value is -0.220. The van der Waals surface area contributed by atoms with Crippen LogP contribution in [-0.2, 0) is 4.79 Å². The highest BCUT2D eigenvalue weighted by Gasteiger charge is 2.27. The fraction of sp³-hybridized carbons (Fsp3) is 0.857. The lowest BCUT2D eigenvalue weighted by atomic mass is 9.91. The molecule has 4 heteroatoms. The molecule has 0 bridgehead atoms. The van der Waals surface area contributed by atoms with Crippen molar-refractivity contribution >= 4 is 17.7 Å². The van der Waals surface area contributed by atoms with E-state index < -0.39 is 0 Å². The van der Waals surface area contributed by atoms with Crippen LogP contribution in [0.4, 0.5) is 0 Å². The van der Waals surface area contributed by atoms with E-state index >= 15 is 0 Å². The molecule has 11 heavy (non-hydrogen) atoms. The van der Waals surface area contributed by atoms with Crippen molar-refractivity contribution in [2.75, 3.05) is 18.1 Å². The van der Waals surface area contributed by atoms with Gasteiger partial charge >= 0.3 is 0 Å². The zero-order valence-electron chi connectivity index (χ0n) is 6.45. The first-order valence-corrected chi connectivity index (χ1v) is 4.98. The normalized spacial score (nSPS) is 26.8. The fourth-order valence-electron chi connectivity index (χ4n) is 1.41. The van der Waals surface area contributed by atoms with Gasteiger partial charge in [0.2, 0.25) is 5.91 Å². The molecule has 1 heterocycles. The molecule has 64 valence electrons. The van der Waals surface area contributed by atoms with E-state index in [1.165, 1.54) is 0 Å². The molecule has 2 atom stereocenters. The van der Waals surface area contributed by atoms with Gasteiger partial charge < -0.3 is 11.5 Å². The lowest BCUT2D eigenvalue weighted by Crippen LogP contribution is -2.35. The molecule has 1 rings (SSSR count). The highest BCUT2D eigenvalue weighted by atomic mass is 32.2. The number of carbonyl (C=O) groups is 1. The van der Waals surface area contributed by atoms with Crippen molar-refractivity contribution in [2.45, 2.75) is 6.42 Å². The number of hydrogen-bond acceptors (Lipinski definition) is 3. The molecule has 1 aliphatic rings. The minimum absolute atomic E-state index is 0.0926. The molecule has 0 spiro atoms. The minimum atomic E-state index is -0.236. The number of rotatable bonds is 3. The summed E-state index contributed by atoms with van der Waals surface area (Å²) in [6.07, 6.45) is 1.09. The summed E-state index contributed by atoms with van der Waals surface area (Å²) in [5, 5.41) is 0. The number of nitrogens with two attached hydrogens (primary N) is 2. The van der Waals surface area contributed by atoms with Crippen molar-refractivity contribution in [3.05, 3.63) is 0 Å². The summed E-state index contributed by atoms with van der Waals surface area (Å²) in [5.41, 5.74) is 10.6. The number of hydrogen-bond donors (Lipinski definition) is 2. The Morgan fingerprint density at radius 1 is 1.73 bits per heavy atom. The van der Waals surface area contributed by atoms with Crippen molar-refractivity contribution in [1.82, 2.24) is 0 Å². The van der Waals surface area contributed by atoms with Gasteiger partial charge in [0.1, 0.15) is 0 Å². The smallest absolute Gasteiger partial charge is 0.222 e. The van der Waals surface area contributed by atoms with Gasteiger partial charge in [0.15, 0.2) is 0 Å². The fourth-order valence-corrected chi connectivity index (χ4v) is 2.75. The maximum atomic E-state index is 10.9. The van der Waals surface area contributed by atoms with E-state index in [0.29, 0.717) is 12.5 Å². The van der Waals surface area contributed by atoms with Gasteiger partial charge in [-0.25, -0.2) is 0 Å². The van der Waals surface area contributed by atoms with Crippen LogP contribution in [-0.4, -0.2) is 24.0 Å². The van der Waals surface area contributed by atoms with E-state index in [1.807, 2.05) is 11.8 Å². The van der Waals surface area contributed by atoms with E-state index in [1.54, 1.807) is 0 Å². The number of carbonyl (C=O) groups excluding carboxylic acids is 1. The van der Waals surface area contributed by atoms with Gasteiger partial charge in [-0.05, 0) is 23.8 Å². The van der Waals surface area contributed by atoms with E-state index in [-0.39, 0.29) is 11.8 Å². The van der Waals surface area contributed by atoms with Crippen molar-refractivity contribution in [3.8, 4) is 0 Å². The monoisotopic (exact) mass is 174 g/mol. The Kier molecular flexibility index (Phi) is 3.20. The van der Waals surface area contributed by atoms with Crippen LogP contribution in [0.2, 0.25) is 0 Å². The molecule has 1 fully saturated rings. The summed E-state index contributed by atoms with van der Waals surface area (Å²) in [7, 11) is 0. The third-order valence-electron chi connectivity index (χ3n) is 2.15. The highest BCUT2D eigenvalue weighted by molar-refractivity contribution is 7.99. The number of primary amides is 1. The molecule has 1 amide bonds. The van der Waals surface area contributed by atoms with Crippen LogP contribution in [0.3, 0.4) is 0 Å². The van der Waals surface area contributed by atoms with Crippen LogP contribution in [0.5, 0.6) is 0 Å². The Morgan fingerprint density at radius 2 is 2.45 bits per heavy atom. The molecule has 0 aliphatic carbocycles. The first-order chi connectivity index (χ1) is 5.25. The molecule has 0 aromatic carbocycles. The summed E-state index contributed by atoms with van der Waals surface area (Å²) in [4.78, 5) is 10.9. The van der Waals surface area contributed by atoms with Crippen LogP contribution in [0.25, 0.3) is 0 Å². The van der Waals surface area contributed by atoms with Crippen LogP contribution in [0, 0.1) is 11.8 Å². The topological polar surface area (TPSA) is 69.1 Å². The molecule has 3 nitrogen and oxygen atoms in total. The van der Waals surface area contributed by atoms with Gasteiger partial charge in [0.25, 0.3) is 0 Å². The standard InChI is InChI=1S/C7H14N2OS/c8-3-6(7(9)10)5-1-2-11-4-5/h5-6H,1-4,8H2,(H2,9,10). The van der Waals surface area contributed by atoms with Crippen LogP contribution >= 0.6 is 11.8 Å². The Bertz CT molecular complexity index is 145. The van der Waals surface area contributed by atoms with E-state index in [0.717, 1.165) is 17.9 Å². The second kappa shape index (κ2) is 3.97. The Balaban J connectivity index is 2.46. The zero-order valence-corrected chi connectivity index (χ0v) is 7.27. The summed E-state index contributed by atoms with van der Waals surface area (Å²) < 4.78 is 0. The van der Waals surface area contributed by atoms with E-state index in [4.69, 9.17) is 11.5 Å². The molecule has 0 saturated carbocycles. The Labute approximate surface area is 70.9 Å². The summed E-state index contributed by atoms with van der Waals surface area (Å²) >= 11 is 1.88. The SMILES string of the molecule is NCC(C(N)=O)C1CCSC1. The van der Waals surface area contributed by atoms with Crippen LogP contribution in [0.15, 0.2) is 0 Å². The zero-order chi connectivity index (χ0) is 8.27. The number of thioether (sulfide) groups is 1. The third-order valence-corrected chi connectivity index (χ3v) is 3.34. The van der Waals surface area contributed by atoms with Gasteiger partial charge in [0, 0.05) is 6.54 Å². The molecule has 0 aromatic rings. The largest absolute Gasteiger partial charge is 0.369 e. The second-order valence-electron chi connectivity index (χ2n) is 2.87. The predicted molar refractivity (Wildman–Crippen MR) is 47.2 cm³/mol. The van der Waals surface area contributed by atoms with E-state index in [9.17, 15) is 4.79 Å². The van der Waals surface area contributed by atoms with Crippen molar-refractivity contribution in [2.24, 2.45) is 23.3 Å². The van der Waals surface area contributed by atoms with Crippen LogP contribution < -0.4 is 11.5 Å². The predicted octanol–water partition coefficient (Wildman–Crippen LogP) is -0.200.